The molecule has 142 valence electrons. The number of methoxy groups -OCH3 is 2. The lowest BCUT2D eigenvalue weighted by Gasteiger charge is -2.21. The SMILES string of the molecule is COc1cccc(CCCNC(C)C(O)c2ccc(C)c(O)c2)c1OC. The van der Waals surface area contributed by atoms with Crippen LogP contribution in [0.2, 0.25) is 0 Å². The van der Waals surface area contributed by atoms with Crippen LogP contribution in [-0.4, -0.2) is 37.0 Å². The zero-order valence-corrected chi connectivity index (χ0v) is 16.0. The van der Waals surface area contributed by atoms with Gasteiger partial charge in [0.1, 0.15) is 5.75 Å². The van der Waals surface area contributed by atoms with Crippen LogP contribution in [-0.2, 0) is 6.42 Å². The van der Waals surface area contributed by atoms with Crippen molar-refractivity contribution in [3.63, 3.8) is 0 Å². The Morgan fingerprint density at radius 2 is 1.88 bits per heavy atom. The van der Waals surface area contributed by atoms with E-state index in [0.717, 1.165) is 42.0 Å². The summed E-state index contributed by atoms with van der Waals surface area (Å²) in [4.78, 5) is 0. The van der Waals surface area contributed by atoms with E-state index in [-0.39, 0.29) is 11.8 Å². The number of benzene rings is 2. The molecule has 0 aromatic heterocycles. The van der Waals surface area contributed by atoms with E-state index >= 15 is 0 Å². The van der Waals surface area contributed by atoms with Gasteiger partial charge in [-0.25, -0.2) is 0 Å². The van der Waals surface area contributed by atoms with E-state index < -0.39 is 6.10 Å². The van der Waals surface area contributed by atoms with Gasteiger partial charge in [0.15, 0.2) is 11.5 Å². The number of aliphatic hydroxyl groups is 1. The first-order chi connectivity index (χ1) is 12.5. The second-order valence-corrected chi connectivity index (χ2v) is 6.49. The van der Waals surface area contributed by atoms with Crippen molar-refractivity contribution in [3.8, 4) is 17.2 Å². The second-order valence-electron chi connectivity index (χ2n) is 6.49. The van der Waals surface area contributed by atoms with Crippen LogP contribution in [0.25, 0.3) is 0 Å². The fraction of sp³-hybridized carbons (Fsp3) is 0.429. The second kappa shape index (κ2) is 9.46. The summed E-state index contributed by atoms with van der Waals surface area (Å²) in [6.07, 6.45) is 1.08. The number of phenols is 1. The molecule has 3 N–H and O–H groups in total. The van der Waals surface area contributed by atoms with Crippen LogP contribution in [0.5, 0.6) is 17.2 Å². The number of ether oxygens (including phenoxy) is 2. The molecule has 2 unspecified atom stereocenters. The largest absolute Gasteiger partial charge is 0.508 e. The first-order valence-corrected chi connectivity index (χ1v) is 8.88. The van der Waals surface area contributed by atoms with Gasteiger partial charge in [-0.2, -0.15) is 0 Å². The fourth-order valence-corrected chi connectivity index (χ4v) is 2.97. The summed E-state index contributed by atoms with van der Waals surface area (Å²) >= 11 is 0. The van der Waals surface area contributed by atoms with Crippen molar-refractivity contribution in [1.82, 2.24) is 5.32 Å². The molecule has 0 bridgehead atoms. The summed E-state index contributed by atoms with van der Waals surface area (Å²) in [6.45, 7) is 4.53. The average Bonchev–Trinajstić information content (AvgIpc) is 2.66. The highest BCUT2D eigenvalue weighted by molar-refractivity contribution is 5.46. The number of hydrogen-bond acceptors (Lipinski definition) is 5. The molecule has 5 nitrogen and oxygen atoms in total. The van der Waals surface area contributed by atoms with E-state index in [2.05, 4.69) is 5.32 Å². The topological polar surface area (TPSA) is 71.0 Å². The summed E-state index contributed by atoms with van der Waals surface area (Å²) in [5.74, 6) is 1.72. The number of para-hydroxylation sites is 1. The molecule has 0 spiro atoms. The van der Waals surface area contributed by atoms with Crippen molar-refractivity contribution < 1.29 is 19.7 Å². The fourth-order valence-electron chi connectivity index (χ4n) is 2.97. The third-order valence-corrected chi connectivity index (χ3v) is 4.62. The number of aryl methyl sites for hydroxylation is 2. The van der Waals surface area contributed by atoms with Crippen LogP contribution < -0.4 is 14.8 Å². The highest BCUT2D eigenvalue weighted by Gasteiger charge is 2.17. The highest BCUT2D eigenvalue weighted by atomic mass is 16.5. The Balaban J connectivity index is 1.86. The minimum absolute atomic E-state index is 0.121. The molecular formula is C21H29NO4. The molecule has 2 aromatic rings. The van der Waals surface area contributed by atoms with Gasteiger partial charge in [-0.3, -0.25) is 0 Å². The molecule has 2 aromatic carbocycles. The molecule has 0 saturated heterocycles. The normalized spacial score (nSPS) is 13.3. The minimum atomic E-state index is -0.673. The Kier molecular flexibility index (Phi) is 7.30. The maximum Gasteiger partial charge on any atom is 0.163 e. The molecule has 0 saturated carbocycles. The quantitative estimate of drug-likeness (QED) is 0.599. The number of hydrogen-bond donors (Lipinski definition) is 3. The van der Waals surface area contributed by atoms with Crippen molar-refractivity contribution in [3.05, 3.63) is 53.1 Å². The molecule has 0 aliphatic carbocycles. The summed E-state index contributed by atoms with van der Waals surface area (Å²) in [6, 6.07) is 11.0. The Hall–Kier alpha value is -2.24. The third-order valence-electron chi connectivity index (χ3n) is 4.62. The number of phenolic OH excluding ortho intramolecular Hbond substituents is 1. The van der Waals surface area contributed by atoms with Gasteiger partial charge in [0.2, 0.25) is 0 Å². The van der Waals surface area contributed by atoms with Gasteiger partial charge in [0, 0.05) is 6.04 Å². The predicted octanol–water partition coefficient (Wildman–Crippen LogP) is 3.36. The van der Waals surface area contributed by atoms with Gasteiger partial charge in [-0.05, 0) is 62.1 Å². The summed E-state index contributed by atoms with van der Waals surface area (Å²) in [7, 11) is 3.28. The van der Waals surface area contributed by atoms with E-state index in [9.17, 15) is 10.2 Å². The van der Waals surface area contributed by atoms with Crippen molar-refractivity contribution >= 4 is 0 Å². The Labute approximate surface area is 155 Å². The molecule has 0 heterocycles. The lowest BCUT2D eigenvalue weighted by Crippen LogP contribution is -2.33. The van der Waals surface area contributed by atoms with Crippen molar-refractivity contribution in [2.45, 2.75) is 38.8 Å². The Bertz CT molecular complexity index is 717. The standard InChI is InChI=1S/C21H29NO4/c1-14-10-11-17(13-18(14)23)20(24)15(2)22-12-6-8-16-7-5-9-19(25-3)21(16)26-4/h5,7,9-11,13,15,20,22-24H,6,8,12H2,1-4H3. The highest BCUT2D eigenvalue weighted by Crippen LogP contribution is 2.31. The summed E-state index contributed by atoms with van der Waals surface area (Å²) < 4.78 is 10.8. The maximum absolute atomic E-state index is 10.5. The molecule has 0 aliphatic rings. The molecule has 0 radical (unpaired) electrons. The lowest BCUT2D eigenvalue weighted by atomic mass is 10.0. The molecule has 0 fully saturated rings. The van der Waals surface area contributed by atoms with Gasteiger partial charge >= 0.3 is 0 Å². The van der Waals surface area contributed by atoms with E-state index in [1.165, 1.54) is 0 Å². The smallest absolute Gasteiger partial charge is 0.163 e. The molecule has 5 heteroatoms. The first kappa shape index (κ1) is 20.1. The molecular weight excluding hydrogens is 330 g/mol. The van der Waals surface area contributed by atoms with Gasteiger partial charge in [0.05, 0.1) is 20.3 Å². The van der Waals surface area contributed by atoms with Crippen LogP contribution in [0.3, 0.4) is 0 Å². The van der Waals surface area contributed by atoms with Crippen LogP contribution in [0.4, 0.5) is 0 Å². The molecule has 2 atom stereocenters. The average molecular weight is 359 g/mol. The van der Waals surface area contributed by atoms with Gasteiger partial charge in [-0.15, -0.1) is 0 Å². The van der Waals surface area contributed by atoms with Crippen LogP contribution in [0.1, 0.15) is 36.1 Å². The molecule has 0 amide bonds. The third kappa shape index (κ3) is 4.90. The van der Waals surface area contributed by atoms with Gasteiger partial charge in [-0.1, -0.05) is 24.3 Å². The van der Waals surface area contributed by atoms with Crippen molar-refractivity contribution in [2.75, 3.05) is 20.8 Å². The number of aliphatic hydroxyl groups excluding tert-OH is 1. The number of aromatic hydroxyl groups is 1. The predicted molar refractivity (Wildman–Crippen MR) is 103 cm³/mol. The van der Waals surface area contributed by atoms with Crippen LogP contribution in [0.15, 0.2) is 36.4 Å². The van der Waals surface area contributed by atoms with Gasteiger partial charge < -0.3 is 25.0 Å². The van der Waals surface area contributed by atoms with Crippen LogP contribution >= 0.6 is 0 Å². The maximum atomic E-state index is 10.5. The van der Waals surface area contributed by atoms with Crippen molar-refractivity contribution in [2.24, 2.45) is 0 Å². The summed E-state index contributed by atoms with van der Waals surface area (Å²) in [5.41, 5.74) is 2.61. The zero-order valence-electron chi connectivity index (χ0n) is 16.0. The van der Waals surface area contributed by atoms with Crippen LogP contribution in [0, 0.1) is 6.92 Å². The molecule has 2 rings (SSSR count). The minimum Gasteiger partial charge on any atom is -0.508 e. The molecule has 26 heavy (non-hydrogen) atoms. The van der Waals surface area contributed by atoms with E-state index in [1.54, 1.807) is 20.3 Å². The van der Waals surface area contributed by atoms with Crippen molar-refractivity contribution in [1.29, 1.82) is 0 Å². The number of nitrogens with one attached hydrogen (secondary N) is 1. The number of rotatable bonds is 9. The monoisotopic (exact) mass is 359 g/mol. The van der Waals surface area contributed by atoms with E-state index in [1.807, 2.05) is 44.2 Å². The lowest BCUT2D eigenvalue weighted by molar-refractivity contribution is 0.136. The summed E-state index contributed by atoms with van der Waals surface area (Å²) in [5, 5.41) is 23.6. The molecule has 0 aliphatic heterocycles. The van der Waals surface area contributed by atoms with Gasteiger partial charge in [0.25, 0.3) is 0 Å². The Morgan fingerprint density at radius 1 is 1.12 bits per heavy atom. The zero-order chi connectivity index (χ0) is 19.1. The van der Waals surface area contributed by atoms with E-state index in [4.69, 9.17) is 9.47 Å². The first-order valence-electron chi connectivity index (χ1n) is 8.88. The van der Waals surface area contributed by atoms with E-state index in [0.29, 0.717) is 5.56 Å². The Morgan fingerprint density at radius 3 is 2.54 bits per heavy atom.